The van der Waals surface area contributed by atoms with Gasteiger partial charge in [0.15, 0.2) is 0 Å². The summed E-state index contributed by atoms with van der Waals surface area (Å²) in [5.74, 6) is 3.43. The van der Waals surface area contributed by atoms with Gasteiger partial charge in [-0.15, -0.1) is 6.42 Å². The van der Waals surface area contributed by atoms with Crippen molar-refractivity contribution in [1.29, 1.82) is 0 Å². The maximum Gasteiger partial charge on any atom is 0.0683 e. The lowest BCUT2D eigenvalue weighted by molar-refractivity contribution is 0.148. The summed E-state index contributed by atoms with van der Waals surface area (Å²) in [4.78, 5) is 2.29. The van der Waals surface area contributed by atoms with Gasteiger partial charge in [0.1, 0.15) is 0 Å². The highest BCUT2D eigenvalue weighted by Gasteiger charge is 2.24. The molecule has 0 radical (unpaired) electrons. The molecule has 1 saturated heterocycles. The highest BCUT2D eigenvalue weighted by molar-refractivity contribution is 4.99. The zero-order valence-corrected chi connectivity index (χ0v) is 7.96. The van der Waals surface area contributed by atoms with Gasteiger partial charge in [-0.2, -0.15) is 0 Å². The summed E-state index contributed by atoms with van der Waals surface area (Å²) in [6.07, 6.45) is 6.49. The Morgan fingerprint density at radius 1 is 1.58 bits per heavy atom. The Balaban J connectivity index is 2.50. The number of piperidine rings is 1. The molecule has 12 heavy (non-hydrogen) atoms. The average Bonchev–Trinajstić information content (AvgIpc) is 2.01. The van der Waals surface area contributed by atoms with Crippen molar-refractivity contribution in [2.45, 2.75) is 32.4 Å². The van der Waals surface area contributed by atoms with Crippen LogP contribution in [0.5, 0.6) is 0 Å². The van der Waals surface area contributed by atoms with Gasteiger partial charge in [-0.25, -0.2) is 0 Å². The van der Waals surface area contributed by atoms with Crippen molar-refractivity contribution in [3.63, 3.8) is 0 Å². The van der Waals surface area contributed by atoms with Crippen molar-refractivity contribution in [3.8, 4) is 12.3 Å². The first-order valence-corrected chi connectivity index (χ1v) is 4.59. The lowest BCUT2D eigenvalue weighted by Crippen LogP contribution is -2.49. The second kappa shape index (κ2) is 3.93. The summed E-state index contributed by atoms with van der Waals surface area (Å²) in [6, 6.07) is 0.545. The molecule has 68 valence electrons. The molecule has 0 aliphatic carbocycles. The number of terminal acetylenes is 1. The second-order valence-electron chi connectivity index (χ2n) is 3.90. The molecule has 0 aromatic rings. The third-order valence-corrected chi connectivity index (χ3v) is 2.51. The standard InChI is InChI=1S/C10H18N2/c1-4-9(3)12-6-8(2)5-10(11)7-12/h1,8-10H,5-7,11H2,2-3H3. The van der Waals surface area contributed by atoms with E-state index in [0.717, 1.165) is 19.5 Å². The first-order chi connectivity index (χ1) is 5.63. The maximum absolute atomic E-state index is 5.90. The van der Waals surface area contributed by atoms with Gasteiger partial charge in [-0.3, -0.25) is 4.90 Å². The second-order valence-corrected chi connectivity index (χ2v) is 3.90. The summed E-state index contributed by atoms with van der Waals surface area (Å²) in [7, 11) is 0. The molecular formula is C10H18N2. The molecule has 0 spiro atoms. The van der Waals surface area contributed by atoms with Crippen molar-refractivity contribution >= 4 is 0 Å². The predicted molar refractivity (Wildman–Crippen MR) is 51.6 cm³/mol. The molecule has 1 heterocycles. The van der Waals surface area contributed by atoms with Crippen LogP contribution >= 0.6 is 0 Å². The monoisotopic (exact) mass is 166 g/mol. The van der Waals surface area contributed by atoms with Crippen molar-refractivity contribution in [2.75, 3.05) is 13.1 Å². The van der Waals surface area contributed by atoms with Gasteiger partial charge in [0.05, 0.1) is 6.04 Å². The molecule has 0 saturated carbocycles. The molecule has 0 bridgehead atoms. The minimum Gasteiger partial charge on any atom is -0.327 e. The van der Waals surface area contributed by atoms with Crippen LogP contribution in [0.1, 0.15) is 20.3 Å². The molecule has 1 aliphatic heterocycles. The predicted octanol–water partition coefficient (Wildman–Crippen LogP) is 0.677. The molecule has 0 amide bonds. The van der Waals surface area contributed by atoms with Gasteiger partial charge in [0, 0.05) is 19.1 Å². The van der Waals surface area contributed by atoms with E-state index in [1.165, 1.54) is 0 Å². The fraction of sp³-hybridized carbons (Fsp3) is 0.800. The van der Waals surface area contributed by atoms with Crippen LogP contribution in [-0.2, 0) is 0 Å². The minimum atomic E-state index is 0.235. The molecule has 1 fully saturated rings. The fourth-order valence-corrected chi connectivity index (χ4v) is 1.86. The van der Waals surface area contributed by atoms with Gasteiger partial charge in [0.2, 0.25) is 0 Å². The number of likely N-dealkylation sites (tertiary alicyclic amines) is 1. The summed E-state index contributed by atoms with van der Waals surface area (Å²) in [5.41, 5.74) is 5.90. The van der Waals surface area contributed by atoms with Gasteiger partial charge in [-0.1, -0.05) is 12.8 Å². The Bertz CT molecular complexity index is 173. The van der Waals surface area contributed by atoms with Crippen LogP contribution < -0.4 is 5.73 Å². The first kappa shape index (κ1) is 9.57. The van der Waals surface area contributed by atoms with Crippen LogP contribution in [0.4, 0.5) is 0 Å². The maximum atomic E-state index is 5.90. The number of hydrogen-bond acceptors (Lipinski definition) is 2. The molecule has 3 unspecified atom stereocenters. The van der Waals surface area contributed by atoms with Crippen LogP contribution in [-0.4, -0.2) is 30.1 Å². The van der Waals surface area contributed by atoms with Gasteiger partial charge in [0.25, 0.3) is 0 Å². The summed E-state index contributed by atoms with van der Waals surface area (Å²) in [5, 5.41) is 0. The minimum absolute atomic E-state index is 0.235. The van der Waals surface area contributed by atoms with E-state index in [0.29, 0.717) is 12.0 Å². The number of hydrogen-bond donors (Lipinski definition) is 1. The van der Waals surface area contributed by atoms with E-state index in [-0.39, 0.29) is 6.04 Å². The summed E-state index contributed by atoms with van der Waals surface area (Å²) >= 11 is 0. The Hall–Kier alpha value is -0.520. The highest BCUT2D eigenvalue weighted by Crippen LogP contribution is 2.16. The molecular weight excluding hydrogens is 148 g/mol. The Morgan fingerprint density at radius 3 is 2.75 bits per heavy atom. The van der Waals surface area contributed by atoms with Crippen molar-refractivity contribution < 1.29 is 0 Å². The lowest BCUT2D eigenvalue weighted by Gasteiger charge is -2.36. The van der Waals surface area contributed by atoms with Crippen molar-refractivity contribution in [2.24, 2.45) is 11.7 Å². The molecule has 2 N–H and O–H groups in total. The smallest absolute Gasteiger partial charge is 0.0683 e. The summed E-state index contributed by atoms with van der Waals surface area (Å²) in [6.45, 7) is 6.34. The molecule has 0 aromatic heterocycles. The van der Waals surface area contributed by atoms with E-state index >= 15 is 0 Å². The Morgan fingerprint density at radius 2 is 2.25 bits per heavy atom. The van der Waals surface area contributed by atoms with E-state index < -0.39 is 0 Å². The summed E-state index contributed by atoms with van der Waals surface area (Å²) < 4.78 is 0. The third-order valence-electron chi connectivity index (χ3n) is 2.51. The van der Waals surface area contributed by atoms with E-state index in [9.17, 15) is 0 Å². The van der Waals surface area contributed by atoms with E-state index in [2.05, 4.69) is 24.7 Å². The van der Waals surface area contributed by atoms with Gasteiger partial charge < -0.3 is 5.73 Å². The Labute approximate surface area is 75.1 Å². The van der Waals surface area contributed by atoms with E-state index in [4.69, 9.17) is 12.2 Å². The SMILES string of the molecule is C#CC(C)N1CC(C)CC(N)C1. The van der Waals surface area contributed by atoms with E-state index in [1.54, 1.807) is 0 Å². The number of nitrogens with zero attached hydrogens (tertiary/aromatic N) is 1. The topological polar surface area (TPSA) is 29.3 Å². The van der Waals surface area contributed by atoms with Gasteiger partial charge in [-0.05, 0) is 19.3 Å². The quantitative estimate of drug-likeness (QED) is 0.580. The molecule has 2 nitrogen and oxygen atoms in total. The van der Waals surface area contributed by atoms with Crippen LogP contribution in [0.15, 0.2) is 0 Å². The van der Waals surface area contributed by atoms with Crippen LogP contribution in [0, 0.1) is 18.3 Å². The first-order valence-electron chi connectivity index (χ1n) is 4.59. The largest absolute Gasteiger partial charge is 0.327 e. The molecule has 1 rings (SSSR count). The number of rotatable bonds is 1. The van der Waals surface area contributed by atoms with Gasteiger partial charge >= 0.3 is 0 Å². The molecule has 2 heteroatoms. The fourth-order valence-electron chi connectivity index (χ4n) is 1.86. The molecule has 0 aromatic carbocycles. The van der Waals surface area contributed by atoms with Crippen LogP contribution in [0.25, 0.3) is 0 Å². The third kappa shape index (κ3) is 2.23. The number of nitrogens with two attached hydrogens (primary N) is 1. The lowest BCUT2D eigenvalue weighted by atomic mass is 9.95. The average molecular weight is 166 g/mol. The molecule has 3 atom stereocenters. The molecule has 1 aliphatic rings. The van der Waals surface area contributed by atoms with Crippen LogP contribution in [0.3, 0.4) is 0 Å². The highest BCUT2D eigenvalue weighted by atomic mass is 15.2. The zero-order valence-electron chi connectivity index (χ0n) is 7.96. The Kier molecular flexibility index (Phi) is 3.13. The van der Waals surface area contributed by atoms with E-state index in [1.807, 2.05) is 0 Å². The normalized spacial score (nSPS) is 34.2. The van der Waals surface area contributed by atoms with Crippen molar-refractivity contribution in [3.05, 3.63) is 0 Å². The zero-order chi connectivity index (χ0) is 9.14. The van der Waals surface area contributed by atoms with Crippen LogP contribution in [0.2, 0.25) is 0 Å². The van der Waals surface area contributed by atoms with Crippen molar-refractivity contribution in [1.82, 2.24) is 4.90 Å².